The van der Waals surface area contributed by atoms with Crippen LogP contribution in [0.5, 0.6) is 11.5 Å². The molecule has 0 aliphatic heterocycles. The van der Waals surface area contributed by atoms with Crippen LogP contribution in [0.2, 0.25) is 0 Å². The quantitative estimate of drug-likeness (QED) is 0.768. The van der Waals surface area contributed by atoms with Crippen molar-refractivity contribution >= 4 is 0 Å². The van der Waals surface area contributed by atoms with E-state index in [1.54, 1.807) is 19.2 Å². The van der Waals surface area contributed by atoms with E-state index in [0.717, 1.165) is 24.2 Å². The molecule has 1 aromatic carbocycles. The normalized spacial score (nSPS) is 12.5. The number of ether oxygens (including phenoxy) is 1. The Morgan fingerprint density at radius 3 is 2.79 bits per heavy atom. The molecule has 0 aliphatic carbocycles. The fraction of sp³-hybridized carbons (Fsp3) is 0.455. The van der Waals surface area contributed by atoms with Gasteiger partial charge in [-0.25, -0.2) is 0 Å². The lowest BCUT2D eigenvalue weighted by molar-refractivity contribution is 0.410. The van der Waals surface area contributed by atoms with E-state index in [1.807, 2.05) is 13.0 Å². The third-order valence-corrected chi connectivity index (χ3v) is 2.16. The molecule has 0 bridgehead atoms. The van der Waals surface area contributed by atoms with Crippen LogP contribution in [0.15, 0.2) is 18.2 Å². The smallest absolute Gasteiger partial charge is 0.119 e. The summed E-state index contributed by atoms with van der Waals surface area (Å²) in [6.45, 7) is 1.96. The van der Waals surface area contributed by atoms with Gasteiger partial charge in [-0.3, -0.25) is 0 Å². The number of hydrogen-bond donors (Lipinski definition) is 2. The number of aromatic hydroxyl groups is 1. The predicted octanol–water partition coefficient (Wildman–Crippen LogP) is 1.68. The number of phenolic OH excluding ortho intramolecular Hbond substituents is 1. The van der Waals surface area contributed by atoms with Crippen molar-refractivity contribution in [3.8, 4) is 11.5 Å². The summed E-state index contributed by atoms with van der Waals surface area (Å²) in [5, 5.41) is 9.55. The molecular weight excluding hydrogens is 178 g/mol. The van der Waals surface area contributed by atoms with Crippen LogP contribution in [-0.4, -0.2) is 18.3 Å². The molecule has 1 atom stereocenters. The van der Waals surface area contributed by atoms with Crippen LogP contribution < -0.4 is 10.5 Å². The highest BCUT2D eigenvalue weighted by molar-refractivity contribution is 5.39. The average Bonchev–Trinajstić information content (AvgIpc) is 2.16. The van der Waals surface area contributed by atoms with Gasteiger partial charge in [-0.15, -0.1) is 0 Å². The van der Waals surface area contributed by atoms with Crippen LogP contribution in [0.25, 0.3) is 0 Å². The second kappa shape index (κ2) is 4.86. The summed E-state index contributed by atoms with van der Waals surface area (Å²) in [5.41, 5.74) is 6.54. The van der Waals surface area contributed by atoms with Crippen molar-refractivity contribution in [1.82, 2.24) is 0 Å². The average molecular weight is 195 g/mol. The van der Waals surface area contributed by atoms with Gasteiger partial charge in [0.1, 0.15) is 11.5 Å². The Kier molecular flexibility index (Phi) is 3.77. The first-order valence-corrected chi connectivity index (χ1v) is 4.75. The van der Waals surface area contributed by atoms with Gasteiger partial charge in [0.25, 0.3) is 0 Å². The number of phenols is 1. The van der Waals surface area contributed by atoms with Crippen molar-refractivity contribution in [1.29, 1.82) is 0 Å². The third-order valence-electron chi connectivity index (χ3n) is 2.16. The monoisotopic (exact) mass is 195 g/mol. The predicted molar refractivity (Wildman–Crippen MR) is 56.6 cm³/mol. The number of nitrogens with two attached hydrogens (primary N) is 1. The summed E-state index contributed by atoms with van der Waals surface area (Å²) in [5.74, 6) is 1.08. The first-order valence-electron chi connectivity index (χ1n) is 4.75. The summed E-state index contributed by atoms with van der Waals surface area (Å²) in [4.78, 5) is 0. The molecule has 14 heavy (non-hydrogen) atoms. The second-order valence-electron chi connectivity index (χ2n) is 3.51. The maximum atomic E-state index is 9.55. The standard InChI is InChI=1S/C11H17NO2/c1-8(12)3-4-9-7-10(14-2)5-6-11(9)13/h5-8,13H,3-4,12H2,1-2H3/t8-/m0/s1. The lowest BCUT2D eigenvalue weighted by atomic mass is 10.1. The summed E-state index contributed by atoms with van der Waals surface area (Å²) < 4.78 is 5.07. The molecule has 3 N–H and O–H groups in total. The van der Waals surface area contributed by atoms with E-state index in [0.29, 0.717) is 5.75 Å². The maximum absolute atomic E-state index is 9.55. The summed E-state index contributed by atoms with van der Waals surface area (Å²) in [6.07, 6.45) is 1.64. The number of methoxy groups -OCH3 is 1. The lowest BCUT2D eigenvalue weighted by Crippen LogP contribution is -2.15. The summed E-state index contributed by atoms with van der Waals surface area (Å²) in [6, 6.07) is 5.39. The van der Waals surface area contributed by atoms with Crippen LogP contribution in [-0.2, 0) is 6.42 Å². The second-order valence-corrected chi connectivity index (χ2v) is 3.51. The van der Waals surface area contributed by atoms with Crippen molar-refractivity contribution in [2.24, 2.45) is 5.73 Å². The molecule has 0 heterocycles. The molecule has 0 spiro atoms. The van der Waals surface area contributed by atoms with Gasteiger partial charge in [-0.2, -0.15) is 0 Å². The molecule has 0 saturated heterocycles. The zero-order valence-corrected chi connectivity index (χ0v) is 8.66. The van der Waals surface area contributed by atoms with E-state index < -0.39 is 0 Å². The highest BCUT2D eigenvalue weighted by atomic mass is 16.5. The van der Waals surface area contributed by atoms with Gasteiger partial charge in [0.2, 0.25) is 0 Å². The zero-order chi connectivity index (χ0) is 10.6. The molecule has 0 amide bonds. The van der Waals surface area contributed by atoms with Crippen molar-refractivity contribution in [3.63, 3.8) is 0 Å². The molecule has 1 aromatic rings. The molecule has 3 heteroatoms. The highest BCUT2D eigenvalue weighted by Gasteiger charge is 2.04. The molecule has 0 aliphatic rings. The summed E-state index contributed by atoms with van der Waals surface area (Å²) in [7, 11) is 1.61. The molecular formula is C11H17NO2. The Labute approximate surface area is 84.5 Å². The molecule has 3 nitrogen and oxygen atoms in total. The Hall–Kier alpha value is -1.22. The Morgan fingerprint density at radius 1 is 1.50 bits per heavy atom. The molecule has 78 valence electrons. The fourth-order valence-electron chi connectivity index (χ4n) is 1.27. The highest BCUT2D eigenvalue weighted by Crippen LogP contribution is 2.24. The SMILES string of the molecule is COc1ccc(O)c(CC[C@H](C)N)c1. The molecule has 0 radical (unpaired) electrons. The third kappa shape index (κ3) is 2.92. The van der Waals surface area contributed by atoms with Gasteiger partial charge < -0.3 is 15.6 Å². The van der Waals surface area contributed by atoms with Gasteiger partial charge in [0.15, 0.2) is 0 Å². The largest absolute Gasteiger partial charge is 0.508 e. The van der Waals surface area contributed by atoms with E-state index in [-0.39, 0.29) is 6.04 Å². The number of aryl methyl sites for hydroxylation is 1. The van der Waals surface area contributed by atoms with E-state index in [9.17, 15) is 5.11 Å². The van der Waals surface area contributed by atoms with Crippen molar-refractivity contribution in [2.45, 2.75) is 25.8 Å². The number of hydrogen-bond acceptors (Lipinski definition) is 3. The molecule has 0 fully saturated rings. The van der Waals surface area contributed by atoms with E-state index in [4.69, 9.17) is 10.5 Å². The Balaban J connectivity index is 2.73. The lowest BCUT2D eigenvalue weighted by Gasteiger charge is -2.08. The number of rotatable bonds is 4. The van der Waals surface area contributed by atoms with Crippen LogP contribution in [0.4, 0.5) is 0 Å². The number of benzene rings is 1. The van der Waals surface area contributed by atoms with Crippen molar-refractivity contribution in [3.05, 3.63) is 23.8 Å². The molecule has 0 unspecified atom stereocenters. The fourth-order valence-corrected chi connectivity index (χ4v) is 1.27. The van der Waals surface area contributed by atoms with Gasteiger partial charge in [0, 0.05) is 6.04 Å². The molecule has 0 aromatic heterocycles. The first kappa shape index (κ1) is 10.9. The van der Waals surface area contributed by atoms with Gasteiger partial charge in [-0.05, 0) is 43.5 Å². The zero-order valence-electron chi connectivity index (χ0n) is 8.66. The van der Waals surface area contributed by atoms with E-state index in [2.05, 4.69) is 0 Å². The maximum Gasteiger partial charge on any atom is 0.119 e. The van der Waals surface area contributed by atoms with Crippen LogP contribution >= 0.6 is 0 Å². The minimum Gasteiger partial charge on any atom is -0.508 e. The first-order chi connectivity index (χ1) is 6.63. The topological polar surface area (TPSA) is 55.5 Å². The Bertz CT molecular complexity index is 297. The van der Waals surface area contributed by atoms with Crippen LogP contribution in [0, 0.1) is 0 Å². The van der Waals surface area contributed by atoms with Crippen LogP contribution in [0.3, 0.4) is 0 Å². The van der Waals surface area contributed by atoms with Crippen LogP contribution in [0.1, 0.15) is 18.9 Å². The Morgan fingerprint density at radius 2 is 2.21 bits per heavy atom. The molecule has 1 rings (SSSR count). The van der Waals surface area contributed by atoms with E-state index in [1.165, 1.54) is 0 Å². The summed E-state index contributed by atoms with van der Waals surface area (Å²) >= 11 is 0. The van der Waals surface area contributed by atoms with Crippen molar-refractivity contribution < 1.29 is 9.84 Å². The minimum atomic E-state index is 0.153. The van der Waals surface area contributed by atoms with Gasteiger partial charge >= 0.3 is 0 Å². The van der Waals surface area contributed by atoms with Gasteiger partial charge in [0.05, 0.1) is 7.11 Å². The van der Waals surface area contributed by atoms with Crippen molar-refractivity contribution in [2.75, 3.05) is 7.11 Å². The van der Waals surface area contributed by atoms with E-state index >= 15 is 0 Å². The minimum absolute atomic E-state index is 0.153. The van der Waals surface area contributed by atoms with Gasteiger partial charge in [-0.1, -0.05) is 0 Å². The molecule has 0 saturated carbocycles.